The van der Waals surface area contributed by atoms with Crippen LogP contribution in [0.15, 0.2) is 33.2 Å². The zero-order valence-corrected chi connectivity index (χ0v) is 14.2. The van der Waals surface area contributed by atoms with Crippen LogP contribution in [-0.4, -0.2) is 34.0 Å². The maximum atomic E-state index is 12.2. The summed E-state index contributed by atoms with van der Waals surface area (Å²) in [6.07, 6.45) is 0. The van der Waals surface area contributed by atoms with Gasteiger partial charge in [0.15, 0.2) is 0 Å². The van der Waals surface area contributed by atoms with Gasteiger partial charge < -0.3 is 4.90 Å². The lowest BCUT2D eigenvalue weighted by Crippen LogP contribution is -2.34. The van der Waals surface area contributed by atoms with Crippen molar-refractivity contribution in [2.24, 2.45) is 0 Å². The molecule has 0 bridgehead atoms. The average Bonchev–Trinajstić information content (AvgIpc) is 3.00. The number of sulfonamides is 1. The molecule has 0 aliphatic rings. The molecule has 2 aromatic rings. The third-order valence-corrected chi connectivity index (χ3v) is 6.68. The van der Waals surface area contributed by atoms with Crippen LogP contribution in [0, 0.1) is 0 Å². The van der Waals surface area contributed by atoms with Crippen molar-refractivity contribution in [2.45, 2.75) is 10.3 Å². The highest BCUT2D eigenvalue weighted by Crippen LogP contribution is 2.26. The fourth-order valence-corrected chi connectivity index (χ4v) is 5.04. The predicted octanol–water partition coefficient (Wildman–Crippen LogP) is 3.04. The fourth-order valence-electron chi connectivity index (χ4n) is 1.77. The topological polar surface area (TPSA) is 49.4 Å². The van der Waals surface area contributed by atoms with E-state index >= 15 is 0 Å². The highest BCUT2D eigenvalue weighted by Gasteiger charge is 2.21. The van der Waals surface area contributed by atoms with Crippen LogP contribution in [0.3, 0.4) is 0 Å². The second-order valence-corrected chi connectivity index (χ2v) is 8.94. The van der Waals surface area contributed by atoms with E-state index in [2.05, 4.69) is 4.72 Å². The summed E-state index contributed by atoms with van der Waals surface area (Å²) in [5.41, 5.74) is 1.10. The van der Waals surface area contributed by atoms with Crippen molar-refractivity contribution in [3.05, 3.63) is 38.9 Å². The van der Waals surface area contributed by atoms with E-state index in [1.807, 2.05) is 35.8 Å². The smallest absolute Gasteiger partial charge is 0.250 e. The number of rotatable bonds is 6. The van der Waals surface area contributed by atoms with Crippen molar-refractivity contribution >= 4 is 44.3 Å². The van der Waals surface area contributed by atoms with Crippen molar-refractivity contribution in [1.29, 1.82) is 0 Å². The van der Waals surface area contributed by atoms with Gasteiger partial charge in [0, 0.05) is 12.6 Å². The van der Waals surface area contributed by atoms with Gasteiger partial charge in [0.2, 0.25) is 10.0 Å². The van der Waals surface area contributed by atoms with Crippen molar-refractivity contribution in [3.8, 4) is 0 Å². The number of hydrogen-bond acceptors (Lipinski definition) is 5. The molecule has 1 N–H and O–H groups in total. The van der Waals surface area contributed by atoms with Crippen LogP contribution in [0.1, 0.15) is 11.6 Å². The molecule has 0 spiro atoms. The quantitative estimate of drug-likeness (QED) is 0.871. The number of halogens is 1. The lowest BCUT2D eigenvalue weighted by atomic mass is 10.1. The molecule has 0 aliphatic carbocycles. The second-order valence-electron chi connectivity index (χ2n) is 4.45. The summed E-state index contributed by atoms with van der Waals surface area (Å²) in [4.78, 5) is 1.99. The van der Waals surface area contributed by atoms with E-state index in [-0.39, 0.29) is 10.3 Å². The van der Waals surface area contributed by atoms with E-state index in [4.69, 9.17) is 11.6 Å². The first-order chi connectivity index (χ1) is 9.40. The Morgan fingerprint density at radius 2 is 2.10 bits per heavy atom. The standard InChI is InChI=1S/C12H15ClN2O2S3/c1-15(2)10(9-5-6-18-8-9)7-14-20(16,17)12-4-3-11(13)19-12/h3-6,8,10,14H,7H2,1-2H3/t10-/m1/s1. The molecule has 20 heavy (non-hydrogen) atoms. The van der Waals surface area contributed by atoms with Crippen LogP contribution in [0.2, 0.25) is 4.34 Å². The van der Waals surface area contributed by atoms with Crippen LogP contribution < -0.4 is 4.72 Å². The molecule has 0 amide bonds. The van der Waals surface area contributed by atoms with Crippen molar-refractivity contribution < 1.29 is 8.42 Å². The SMILES string of the molecule is CN(C)[C@H](CNS(=O)(=O)c1ccc(Cl)s1)c1ccsc1. The minimum absolute atomic E-state index is 0.00598. The molecule has 4 nitrogen and oxygen atoms in total. The molecule has 2 rings (SSSR count). The zero-order valence-electron chi connectivity index (χ0n) is 11.0. The van der Waals surface area contributed by atoms with Gasteiger partial charge in [-0.05, 0) is 48.6 Å². The molecular formula is C12H15ClN2O2S3. The minimum Gasteiger partial charge on any atom is -0.301 e. The van der Waals surface area contributed by atoms with Crippen molar-refractivity contribution in [3.63, 3.8) is 0 Å². The molecule has 0 saturated carbocycles. The number of thiophene rings is 2. The molecule has 0 aromatic carbocycles. The first kappa shape index (κ1) is 15.9. The van der Waals surface area contributed by atoms with Crippen LogP contribution in [-0.2, 0) is 10.0 Å². The average molecular weight is 351 g/mol. The van der Waals surface area contributed by atoms with Crippen LogP contribution in [0.4, 0.5) is 0 Å². The first-order valence-corrected chi connectivity index (χ1v) is 9.46. The molecule has 8 heteroatoms. The van der Waals surface area contributed by atoms with Gasteiger partial charge in [-0.25, -0.2) is 13.1 Å². The molecule has 2 aromatic heterocycles. The normalized spacial score (nSPS) is 13.8. The Hall–Kier alpha value is -0.440. The highest BCUT2D eigenvalue weighted by molar-refractivity contribution is 7.91. The molecule has 0 unspecified atom stereocenters. The third-order valence-electron chi connectivity index (χ3n) is 2.83. The van der Waals surface area contributed by atoms with Crippen molar-refractivity contribution in [1.82, 2.24) is 9.62 Å². The predicted molar refractivity (Wildman–Crippen MR) is 85.3 cm³/mol. The van der Waals surface area contributed by atoms with Gasteiger partial charge in [-0.3, -0.25) is 0 Å². The highest BCUT2D eigenvalue weighted by atomic mass is 35.5. The Morgan fingerprint density at radius 3 is 2.60 bits per heavy atom. The Bertz CT molecular complexity index is 650. The van der Waals surface area contributed by atoms with Gasteiger partial charge in [0.05, 0.1) is 4.34 Å². The van der Waals surface area contributed by atoms with E-state index in [1.165, 1.54) is 6.07 Å². The summed E-state index contributed by atoms with van der Waals surface area (Å²) in [6.45, 7) is 0.321. The molecule has 110 valence electrons. The Balaban J connectivity index is 2.10. The van der Waals surface area contributed by atoms with Gasteiger partial charge in [0.1, 0.15) is 4.21 Å². The van der Waals surface area contributed by atoms with Crippen molar-refractivity contribution in [2.75, 3.05) is 20.6 Å². The van der Waals surface area contributed by atoms with E-state index < -0.39 is 10.0 Å². The molecule has 2 heterocycles. The van der Waals surface area contributed by atoms with Gasteiger partial charge in [0.25, 0.3) is 0 Å². The van der Waals surface area contributed by atoms with Gasteiger partial charge in [-0.1, -0.05) is 11.6 Å². The molecule has 0 aliphatic heterocycles. The van der Waals surface area contributed by atoms with Crippen LogP contribution >= 0.6 is 34.3 Å². The summed E-state index contributed by atoms with van der Waals surface area (Å²) in [6, 6.07) is 5.12. The lowest BCUT2D eigenvalue weighted by molar-refractivity contribution is 0.300. The molecule has 0 radical (unpaired) electrons. The molecule has 0 saturated heterocycles. The summed E-state index contributed by atoms with van der Waals surface area (Å²) in [5, 5.41) is 4.01. The summed E-state index contributed by atoms with van der Waals surface area (Å²) < 4.78 is 27.7. The largest absolute Gasteiger partial charge is 0.301 e. The molecular weight excluding hydrogens is 336 g/mol. The first-order valence-electron chi connectivity index (χ1n) is 5.83. The number of likely N-dealkylation sites (N-methyl/N-ethyl adjacent to an activating group) is 1. The van der Waals surface area contributed by atoms with Crippen LogP contribution in [0.25, 0.3) is 0 Å². The van der Waals surface area contributed by atoms with E-state index in [0.717, 1.165) is 16.9 Å². The maximum absolute atomic E-state index is 12.2. The minimum atomic E-state index is -3.50. The summed E-state index contributed by atoms with van der Waals surface area (Å²) in [5.74, 6) is 0. The summed E-state index contributed by atoms with van der Waals surface area (Å²) >= 11 is 8.44. The Labute approximate surface area is 132 Å². The maximum Gasteiger partial charge on any atom is 0.250 e. The van der Waals surface area contributed by atoms with Crippen LogP contribution in [0.5, 0.6) is 0 Å². The van der Waals surface area contributed by atoms with Gasteiger partial charge >= 0.3 is 0 Å². The van der Waals surface area contributed by atoms with E-state index in [9.17, 15) is 8.42 Å². The Morgan fingerprint density at radius 1 is 1.35 bits per heavy atom. The second kappa shape index (κ2) is 6.55. The zero-order chi connectivity index (χ0) is 14.8. The van der Waals surface area contributed by atoms with Gasteiger partial charge in [-0.15, -0.1) is 11.3 Å². The summed E-state index contributed by atoms with van der Waals surface area (Å²) in [7, 11) is 0.360. The molecule has 0 fully saturated rings. The fraction of sp³-hybridized carbons (Fsp3) is 0.333. The lowest BCUT2D eigenvalue weighted by Gasteiger charge is -2.23. The number of nitrogens with zero attached hydrogens (tertiary/aromatic N) is 1. The molecule has 1 atom stereocenters. The van der Waals surface area contributed by atoms with Gasteiger partial charge in [-0.2, -0.15) is 11.3 Å². The third kappa shape index (κ3) is 3.81. The number of hydrogen-bond donors (Lipinski definition) is 1. The monoisotopic (exact) mass is 350 g/mol. The number of nitrogens with one attached hydrogen (secondary N) is 1. The van der Waals surface area contributed by atoms with E-state index in [1.54, 1.807) is 17.4 Å². The Kier molecular flexibility index (Phi) is 5.22. The van der Waals surface area contributed by atoms with E-state index in [0.29, 0.717) is 10.9 Å².